The molecule has 1 atom stereocenters. The van der Waals surface area contributed by atoms with E-state index in [1.165, 1.54) is 11.1 Å². The average Bonchev–Trinajstić information content (AvgIpc) is 3.03. The summed E-state index contributed by atoms with van der Waals surface area (Å²) in [5.41, 5.74) is 4.73. The Morgan fingerprint density at radius 2 is 2.04 bits per heavy atom. The highest BCUT2D eigenvalue weighted by molar-refractivity contribution is 5.96. The number of piperazine rings is 1. The summed E-state index contributed by atoms with van der Waals surface area (Å²) in [4.78, 5) is 17.0. The van der Waals surface area contributed by atoms with Crippen LogP contribution < -0.4 is 9.64 Å². The standard InChI is InChI=1S/C21H24N2O2/c1-15-5-3-4-6-19(15)23-16(2)12-22(14-21(23)24)13-17-7-8-20-18(11-17)9-10-25-20/h3-8,11,16H,9-10,12-14H2,1-2H3/t16-/m1/s1. The van der Waals surface area contributed by atoms with Crippen molar-refractivity contribution in [3.63, 3.8) is 0 Å². The molecule has 2 aromatic rings. The van der Waals surface area contributed by atoms with Gasteiger partial charge in [-0.25, -0.2) is 0 Å². The fraction of sp³-hybridized carbons (Fsp3) is 0.381. The number of anilines is 1. The van der Waals surface area contributed by atoms with Gasteiger partial charge < -0.3 is 9.64 Å². The largest absolute Gasteiger partial charge is 0.493 e. The maximum absolute atomic E-state index is 12.8. The SMILES string of the molecule is Cc1ccccc1N1C(=O)CN(Cc2ccc3c(c2)CCO3)C[C@H]1C. The van der Waals surface area contributed by atoms with Crippen LogP contribution in [0.3, 0.4) is 0 Å². The van der Waals surface area contributed by atoms with E-state index < -0.39 is 0 Å². The third kappa shape index (κ3) is 3.14. The molecule has 1 amide bonds. The lowest BCUT2D eigenvalue weighted by Gasteiger charge is -2.40. The first-order chi connectivity index (χ1) is 12.1. The van der Waals surface area contributed by atoms with E-state index in [0.717, 1.165) is 43.1 Å². The van der Waals surface area contributed by atoms with Gasteiger partial charge in [0.1, 0.15) is 5.75 Å². The van der Waals surface area contributed by atoms with Crippen LogP contribution in [0, 0.1) is 6.92 Å². The highest BCUT2D eigenvalue weighted by atomic mass is 16.5. The van der Waals surface area contributed by atoms with E-state index in [-0.39, 0.29) is 11.9 Å². The van der Waals surface area contributed by atoms with Crippen LogP contribution in [0.5, 0.6) is 5.75 Å². The Labute approximate surface area is 149 Å². The molecular weight excluding hydrogens is 312 g/mol. The minimum atomic E-state index is 0.167. The molecule has 0 aliphatic carbocycles. The molecule has 0 radical (unpaired) electrons. The lowest BCUT2D eigenvalue weighted by molar-refractivity contribution is -0.122. The predicted molar refractivity (Wildman–Crippen MR) is 99.0 cm³/mol. The van der Waals surface area contributed by atoms with Crippen molar-refractivity contribution in [2.45, 2.75) is 32.9 Å². The number of benzene rings is 2. The van der Waals surface area contributed by atoms with Crippen LogP contribution in [-0.4, -0.2) is 36.5 Å². The summed E-state index contributed by atoms with van der Waals surface area (Å²) in [6.45, 7) is 7.13. The Hall–Kier alpha value is -2.33. The Kier molecular flexibility index (Phi) is 4.22. The first kappa shape index (κ1) is 16.2. The smallest absolute Gasteiger partial charge is 0.241 e. The van der Waals surface area contributed by atoms with Gasteiger partial charge in [-0.15, -0.1) is 0 Å². The third-order valence-electron chi connectivity index (χ3n) is 5.13. The maximum Gasteiger partial charge on any atom is 0.241 e. The number of carbonyl (C=O) groups excluding carboxylic acids is 1. The van der Waals surface area contributed by atoms with Gasteiger partial charge in [0.05, 0.1) is 13.2 Å². The second kappa shape index (κ2) is 6.52. The van der Waals surface area contributed by atoms with Crippen molar-refractivity contribution >= 4 is 11.6 Å². The van der Waals surface area contributed by atoms with Gasteiger partial charge in [0.2, 0.25) is 5.91 Å². The van der Waals surface area contributed by atoms with E-state index in [2.05, 4.69) is 43.0 Å². The number of para-hydroxylation sites is 1. The number of carbonyl (C=O) groups is 1. The van der Waals surface area contributed by atoms with Crippen molar-refractivity contribution in [1.29, 1.82) is 0 Å². The number of aryl methyl sites for hydroxylation is 1. The van der Waals surface area contributed by atoms with Crippen LogP contribution >= 0.6 is 0 Å². The van der Waals surface area contributed by atoms with E-state index >= 15 is 0 Å². The highest BCUT2D eigenvalue weighted by Gasteiger charge is 2.31. The normalized spacial score (nSPS) is 20.5. The maximum atomic E-state index is 12.8. The summed E-state index contributed by atoms with van der Waals surface area (Å²) < 4.78 is 5.58. The summed E-state index contributed by atoms with van der Waals surface area (Å²) in [7, 11) is 0. The summed E-state index contributed by atoms with van der Waals surface area (Å²) >= 11 is 0. The van der Waals surface area contributed by atoms with Crippen LogP contribution in [0.15, 0.2) is 42.5 Å². The number of hydrogen-bond donors (Lipinski definition) is 0. The minimum absolute atomic E-state index is 0.167. The summed E-state index contributed by atoms with van der Waals surface area (Å²) in [5, 5.41) is 0. The molecule has 0 saturated carbocycles. The van der Waals surface area contributed by atoms with E-state index in [9.17, 15) is 4.79 Å². The minimum Gasteiger partial charge on any atom is -0.493 e. The lowest BCUT2D eigenvalue weighted by Crippen LogP contribution is -2.55. The van der Waals surface area contributed by atoms with Crippen LogP contribution in [0.4, 0.5) is 5.69 Å². The Balaban J connectivity index is 1.48. The lowest BCUT2D eigenvalue weighted by atomic mass is 10.1. The molecule has 0 aromatic heterocycles. The molecule has 25 heavy (non-hydrogen) atoms. The Morgan fingerprint density at radius 1 is 1.20 bits per heavy atom. The molecule has 130 valence electrons. The van der Waals surface area contributed by atoms with E-state index in [0.29, 0.717) is 6.54 Å². The van der Waals surface area contributed by atoms with Gasteiger partial charge in [-0.2, -0.15) is 0 Å². The second-order valence-electron chi connectivity index (χ2n) is 7.11. The summed E-state index contributed by atoms with van der Waals surface area (Å²) in [5.74, 6) is 1.19. The molecule has 2 heterocycles. The molecule has 4 rings (SSSR count). The van der Waals surface area contributed by atoms with Gasteiger partial charge in [-0.05, 0) is 42.7 Å². The molecule has 1 saturated heterocycles. The Bertz CT molecular complexity index is 802. The zero-order valence-electron chi connectivity index (χ0n) is 14.9. The van der Waals surface area contributed by atoms with Crippen LogP contribution in [0.25, 0.3) is 0 Å². The average molecular weight is 336 g/mol. The molecule has 0 N–H and O–H groups in total. The summed E-state index contributed by atoms with van der Waals surface area (Å²) in [6.07, 6.45) is 0.986. The third-order valence-corrected chi connectivity index (χ3v) is 5.13. The molecule has 4 nitrogen and oxygen atoms in total. The van der Waals surface area contributed by atoms with Gasteiger partial charge >= 0.3 is 0 Å². The van der Waals surface area contributed by atoms with Crippen molar-refractivity contribution in [2.75, 3.05) is 24.6 Å². The zero-order valence-corrected chi connectivity index (χ0v) is 14.9. The van der Waals surface area contributed by atoms with Gasteiger partial charge in [-0.3, -0.25) is 9.69 Å². The summed E-state index contributed by atoms with van der Waals surface area (Å²) in [6, 6.07) is 14.7. The Morgan fingerprint density at radius 3 is 2.84 bits per heavy atom. The van der Waals surface area contributed by atoms with Gasteiger partial charge in [0, 0.05) is 31.2 Å². The van der Waals surface area contributed by atoms with Crippen molar-refractivity contribution < 1.29 is 9.53 Å². The van der Waals surface area contributed by atoms with Crippen molar-refractivity contribution in [3.05, 3.63) is 59.2 Å². The fourth-order valence-corrected chi connectivity index (χ4v) is 3.96. The first-order valence-electron chi connectivity index (χ1n) is 8.96. The zero-order chi connectivity index (χ0) is 17.4. The molecule has 2 aliphatic rings. The van der Waals surface area contributed by atoms with Gasteiger partial charge in [0.15, 0.2) is 0 Å². The molecule has 2 aromatic carbocycles. The molecule has 0 spiro atoms. The molecule has 0 unspecified atom stereocenters. The van der Waals surface area contributed by atoms with Crippen molar-refractivity contribution in [1.82, 2.24) is 4.90 Å². The van der Waals surface area contributed by atoms with Crippen LogP contribution in [0.1, 0.15) is 23.6 Å². The number of rotatable bonds is 3. The predicted octanol–water partition coefficient (Wildman–Crippen LogP) is 3.17. The molecule has 4 heteroatoms. The number of fused-ring (bicyclic) bond motifs is 1. The molecule has 1 fully saturated rings. The number of ether oxygens (including phenoxy) is 1. The van der Waals surface area contributed by atoms with Crippen LogP contribution in [0.2, 0.25) is 0 Å². The van der Waals surface area contributed by atoms with E-state index in [1.807, 2.05) is 23.1 Å². The number of nitrogens with zero attached hydrogens (tertiary/aromatic N) is 2. The molecule has 0 bridgehead atoms. The van der Waals surface area contributed by atoms with Gasteiger partial charge in [0.25, 0.3) is 0 Å². The van der Waals surface area contributed by atoms with E-state index in [4.69, 9.17) is 4.74 Å². The van der Waals surface area contributed by atoms with E-state index in [1.54, 1.807) is 0 Å². The van der Waals surface area contributed by atoms with Gasteiger partial charge in [-0.1, -0.05) is 30.3 Å². The monoisotopic (exact) mass is 336 g/mol. The first-order valence-corrected chi connectivity index (χ1v) is 8.96. The van der Waals surface area contributed by atoms with Crippen molar-refractivity contribution in [2.24, 2.45) is 0 Å². The quantitative estimate of drug-likeness (QED) is 0.863. The second-order valence-corrected chi connectivity index (χ2v) is 7.11. The molecular formula is C21H24N2O2. The highest BCUT2D eigenvalue weighted by Crippen LogP contribution is 2.28. The topological polar surface area (TPSA) is 32.8 Å². The fourth-order valence-electron chi connectivity index (χ4n) is 3.96. The molecule has 2 aliphatic heterocycles. The number of hydrogen-bond acceptors (Lipinski definition) is 3. The van der Waals surface area contributed by atoms with Crippen LogP contribution in [-0.2, 0) is 17.8 Å². The van der Waals surface area contributed by atoms with Crippen molar-refractivity contribution in [3.8, 4) is 5.75 Å². The number of amides is 1.